The third-order valence-electron chi connectivity index (χ3n) is 4.40. The fourth-order valence-electron chi connectivity index (χ4n) is 2.96. The molecule has 1 heterocycles. The predicted molar refractivity (Wildman–Crippen MR) is 101 cm³/mol. The van der Waals surface area contributed by atoms with E-state index in [1.54, 1.807) is 29.2 Å². The first-order valence-corrected chi connectivity index (χ1v) is 10.0. The molecule has 0 saturated heterocycles. The number of anilines is 1. The first-order valence-electron chi connectivity index (χ1n) is 7.81. The molecule has 1 aliphatic rings. The van der Waals surface area contributed by atoms with E-state index in [0.717, 1.165) is 26.9 Å². The van der Waals surface area contributed by atoms with Gasteiger partial charge in [-0.3, -0.25) is 4.79 Å². The fourth-order valence-corrected chi connectivity index (χ4v) is 4.18. The highest BCUT2D eigenvalue weighted by Gasteiger charge is 2.29. The van der Waals surface area contributed by atoms with Crippen molar-refractivity contribution in [1.29, 1.82) is 0 Å². The number of rotatable bonds is 4. The zero-order valence-corrected chi connectivity index (χ0v) is 16.7. The van der Waals surface area contributed by atoms with Crippen molar-refractivity contribution in [3.8, 4) is 0 Å². The molecule has 0 radical (unpaired) electrons. The highest BCUT2D eigenvalue weighted by atomic mass is 79.9. The van der Waals surface area contributed by atoms with Crippen LogP contribution in [-0.4, -0.2) is 32.7 Å². The van der Waals surface area contributed by atoms with Crippen LogP contribution in [0.3, 0.4) is 0 Å². The molecule has 0 aliphatic carbocycles. The Morgan fingerprint density at radius 2 is 1.76 bits per heavy atom. The van der Waals surface area contributed by atoms with Crippen LogP contribution >= 0.6 is 15.9 Å². The lowest BCUT2D eigenvalue weighted by Crippen LogP contribution is -2.26. The smallest absolute Gasteiger partial charge is 0.242 e. The number of nitrogens with zero attached hydrogens (tertiary/aromatic N) is 2. The second-order valence-corrected chi connectivity index (χ2v) is 9.27. The Kier molecular flexibility index (Phi) is 4.74. The molecular weight excluding hydrogens is 404 g/mol. The van der Waals surface area contributed by atoms with Crippen LogP contribution in [-0.2, 0) is 27.8 Å². The van der Waals surface area contributed by atoms with Gasteiger partial charge in [0.15, 0.2) is 0 Å². The summed E-state index contributed by atoms with van der Waals surface area (Å²) in [5, 5.41) is 0. The first-order chi connectivity index (χ1) is 11.7. The lowest BCUT2D eigenvalue weighted by Gasteiger charge is -2.20. The van der Waals surface area contributed by atoms with Gasteiger partial charge in [0, 0.05) is 18.6 Å². The van der Waals surface area contributed by atoms with Gasteiger partial charge in [-0.25, -0.2) is 12.7 Å². The van der Waals surface area contributed by atoms with Crippen molar-refractivity contribution in [2.75, 3.05) is 19.0 Å². The number of sulfonamides is 1. The highest BCUT2D eigenvalue weighted by molar-refractivity contribution is 9.10. The summed E-state index contributed by atoms with van der Waals surface area (Å²) >= 11 is 3.52. The number of benzene rings is 2. The van der Waals surface area contributed by atoms with Gasteiger partial charge in [0.05, 0.1) is 23.5 Å². The summed E-state index contributed by atoms with van der Waals surface area (Å²) in [5.41, 5.74) is 3.90. The van der Waals surface area contributed by atoms with Gasteiger partial charge in [-0.15, -0.1) is 0 Å². The Morgan fingerprint density at radius 3 is 2.36 bits per heavy atom. The van der Waals surface area contributed by atoms with Gasteiger partial charge >= 0.3 is 0 Å². The minimum Gasteiger partial charge on any atom is -0.307 e. The summed E-state index contributed by atoms with van der Waals surface area (Å²) in [4.78, 5) is 14.4. The predicted octanol–water partition coefficient (Wildman–Crippen LogP) is 3.10. The average Bonchev–Trinajstić information content (AvgIpc) is 2.88. The molecule has 132 valence electrons. The molecule has 0 N–H and O–H groups in total. The van der Waals surface area contributed by atoms with Crippen LogP contribution in [0.15, 0.2) is 45.8 Å². The minimum absolute atomic E-state index is 0.0567. The van der Waals surface area contributed by atoms with Gasteiger partial charge in [-0.05, 0) is 41.8 Å². The molecule has 2 aromatic rings. The molecule has 0 aromatic heterocycles. The number of fused-ring (bicyclic) bond motifs is 1. The van der Waals surface area contributed by atoms with Crippen molar-refractivity contribution < 1.29 is 13.2 Å². The second-order valence-electron chi connectivity index (χ2n) is 6.27. The third-order valence-corrected chi connectivity index (χ3v) is 7.09. The molecule has 7 heteroatoms. The maximum atomic E-state index is 12.4. The normalized spacial score (nSPS) is 14.3. The largest absolute Gasteiger partial charge is 0.307 e. The van der Waals surface area contributed by atoms with Gasteiger partial charge in [0.1, 0.15) is 0 Å². The lowest BCUT2D eigenvalue weighted by atomic mass is 10.1. The first kappa shape index (κ1) is 18.1. The van der Waals surface area contributed by atoms with Crippen LogP contribution in [0.2, 0.25) is 0 Å². The van der Waals surface area contributed by atoms with Crippen molar-refractivity contribution in [3.63, 3.8) is 0 Å². The molecule has 1 amide bonds. The number of amides is 1. The lowest BCUT2D eigenvalue weighted by molar-refractivity contribution is -0.117. The van der Waals surface area contributed by atoms with Crippen LogP contribution in [0.1, 0.15) is 16.7 Å². The Morgan fingerprint density at radius 1 is 1.12 bits per heavy atom. The second kappa shape index (κ2) is 6.55. The standard InChI is InChI=1S/C18H19BrN2O3S/c1-12-16(19)9-6-14-10-17(22)21(18(12)14)11-13-4-7-15(8-5-13)25(23,24)20(2)3/h4-9H,10-11H2,1-3H3. The maximum absolute atomic E-state index is 12.4. The maximum Gasteiger partial charge on any atom is 0.242 e. The number of hydrogen-bond donors (Lipinski definition) is 0. The van der Waals surface area contributed by atoms with Gasteiger partial charge in [-0.2, -0.15) is 0 Å². The molecule has 3 rings (SSSR count). The van der Waals surface area contributed by atoms with E-state index >= 15 is 0 Å². The van der Waals surface area contributed by atoms with Crippen molar-refractivity contribution in [3.05, 3.63) is 57.6 Å². The van der Waals surface area contributed by atoms with Gasteiger partial charge in [-0.1, -0.05) is 34.1 Å². The SMILES string of the molecule is Cc1c(Br)ccc2c1N(Cc1ccc(S(=O)(=O)N(C)C)cc1)C(=O)C2. The molecule has 0 atom stereocenters. The topological polar surface area (TPSA) is 57.7 Å². The van der Waals surface area contributed by atoms with E-state index in [9.17, 15) is 13.2 Å². The van der Waals surface area contributed by atoms with E-state index in [0.29, 0.717) is 13.0 Å². The average molecular weight is 423 g/mol. The van der Waals surface area contributed by atoms with Crippen LogP contribution in [0.5, 0.6) is 0 Å². The summed E-state index contributed by atoms with van der Waals surface area (Å²) < 4.78 is 26.4. The quantitative estimate of drug-likeness (QED) is 0.760. The molecule has 0 spiro atoms. The molecule has 0 saturated carbocycles. The van der Waals surface area contributed by atoms with Crippen LogP contribution in [0, 0.1) is 6.92 Å². The Bertz CT molecular complexity index is 938. The van der Waals surface area contributed by atoms with Crippen LogP contribution in [0.4, 0.5) is 5.69 Å². The summed E-state index contributed by atoms with van der Waals surface area (Å²) in [7, 11) is -0.439. The van der Waals surface area contributed by atoms with Crippen molar-refractivity contribution in [1.82, 2.24) is 4.31 Å². The summed E-state index contributed by atoms with van der Waals surface area (Å²) in [6.45, 7) is 2.41. The number of carbonyl (C=O) groups is 1. The molecule has 5 nitrogen and oxygen atoms in total. The molecule has 0 unspecified atom stereocenters. The summed E-state index contributed by atoms with van der Waals surface area (Å²) in [6, 6.07) is 10.6. The van der Waals surface area contributed by atoms with E-state index in [4.69, 9.17) is 0 Å². The monoisotopic (exact) mass is 422 g/mol. The number of halogens is 1. The van der Waals surface area contributed by atoms with E-state index in [2.05, 4.69) is 15.9 Å². The summed E-state index contributed by atoms with van der Waals surface area (Å²) in [6.07, 6.45) is 0.399. The molecule has 0 bridgehead atoms. The summed E-state index contributed by atoms with van der Waals surface area (Å²) in [5.74, 6) is 0.0567. The molecule has 1 aliphatic heterocycles. The van der Waals surface area contributed by atoms with Gasteiger partial charge in [0.25, 0.3) is 0 Å². The Balaban J connectivity index is 1.90. The minimum atomic E-state index is -3.45. The van der Waals surface area contributed by atoms with Crippen molar-refractivity contribution in [2.24, 2.45) is 0 Å². The molecule has 2 aromatic carbocycles. The third kappa shape index (κ3) is 3.23. The molecule has 0 fully saturated rings. The fraction of sp³-hybridized carbons (Fsp3) is 0.278. The van der Waals surface area contributed by atoms with Gasteiger partial charge in [0.2, 0.25) is 15.9 Å². The van der Waals surface area contributed by atoms with E-state index in [1.807, 2.05) is 19.1 Å². The highest BCUT2D eigenvalue weighted by Crippen LogP contribution is 2.37. The van der Waals surface area contributed by atoms with Crippen LogP contribution in [0.25, 0.3) is 0 Å². The number of hydrogen-bond acceptors (Lipinski definition) is 3. The Hall–Kier alpha value is -1.70. The number of carbonyl (C=O) groups excluding carboxylic acids is 1. The zero-order valence-electron chi connectivity index (χ0n) is 14.3. The van der Waals surface area contributed by atoms with Gasteiger partial charge < -0.3 is 4.90 Å². The van der Waals surface area contributed by atoms with E-state index < -0.39 is 10.0 Å². The molecular formula is C18H19BrN2O3S. The Labute approximate surface area is 156 Å². The van der Waals surface area contributed by atoms with Crippen LogP contribution < -0.4 is 4.90 Å². The van der Waals surface area contributed by atoms with Crippen molar-refractivity contribution in [2.45, 2.75) is 24.8 Å². The molecule has 25 heavy (non-hydrogen) atoms. The van der Waals surface area contributed by atoms with Crippen molar-refractivity contribution >= 4 is 37.5 Å². The van der Waals surface area contributed by atoms with E-state index in [1.165, 1.54) is 18.4 Å². The van der Waals surface area contributed by atoms with E-state index in [-0.39, 0.29) is 10.8 Å². The zero-order chi connectivity index (χ0) is 18.4.